The highest BCUT2D eigenvalue weighted by Gasteiger charge is 2.40. The number of carbonyl (C=O) groups is 2. The predicted octanol–water partition coefficient (Wildman–Crippen LogP) is 5.25. The molecule has 5 rings (SSSR count). The van der Waals surface area contributed by atoms with Crippen molar-refractivity contribution in [3.63, 3.8) is 0 Å². The van der Waals surface area contributed by atoms with Crippen LogP contribution in [0.3, 0.4) is 0 Å². The van der Waals surface area contributed by atoms with Crippen molar-refractivity contribution in [3.05, 3.63) is 71.9 Å². The normalized spacial score (nSPS) is 20.1. The van der Waals surface area contributed by atoms with Crippen LogP contribution in [0, 0.1) is 0 Å². The fourth-order valence-corrected chi connectivity index (χ4v) is 5.54. The molecule has 2 N–H and O–H groups in total. The van der Waals surface area contributed by atoms with Crippen LogP contribution in [0.4, 0.5) is 22.1 Å². The molecule has 0 radical (unpaired) electrons. The summed E-state index contributed by atoms with van der Waals surface area (Å²) in [6, 6.07) is 17.9. The highest BCUT2D eigenvalue weighted by Crippen LogP contribution is 2.38. The molecule has 2 aromatic carbocycles. The molecule has 2 heterocycles. The van der Waals surface area contributed by atoms with E-state index in [0.717, 1.165) is 49.0 Å². The fourth-order valence-electron chi connectivity index (χ4n) is 5.54. The van der Waals surface area contributed by atoms with E-state index in [1.54, 1.807) is 0 Å². The lowest BCUT2D eigenvalue weighted by Crippen LogP contribution is -2.61. The minimum absolute atomic E-state index is 0.0218. The summed E-state index contributed by atoms with van der Waals surface area (Å²) in [5, 5.41) is 15.9. The second-order valence-corrected chi connectivity index (χ2v) is 9.67. The number of fused-ring (bicyclic) bond motifs is 1. The number of hydrogen-bond acceptors (Lipinski definition) is 7. The molecule has 1 saturated carbocycles. The Labute approximate surface area is 216 Å². The third kappa shape index (κ3) is 5.55. The first-order valence-electron chi connectivity index (χ1n) is 12.8. The molecular formula is C28H32N4O5. The zero-order chi connectivity index (χ0) is 25.8. The Morgan fingerprint density at radius 2 is 1.73 bits per heavy atom. The first-order valence-corrected chi connectivity index (χ1v) is 12.8. The largest absolute Gasteiger partial charge is 0.481 e. The lowest BCUT2D eigenvalue weighted by molar-refractivity contribution is -0.136. The third-order valence-electron chi connectivity index (χ3n) is 7.30. The van der Waals surface area contributed by atoms with Gasteiger partial charge in [0.15, 0.2) is 0 Å². The summed E-state index contributed by atoms with van der Waals surface area (Å²) in [6.07, 6.45) is 4.92. The van der Waals surface area contributed by atoms with Gasteiger partial charge in [-0.1, -0.05) is 60.5 Å². The van der Waals surface area contributed by atoms with E-state index in [2.05, 4.69) is 20.3 Å². The maximum absolute atomic E-state index is 12.7. The van der Waals surface area contributed by atoms with Gasteiger partial charge in [-0.3, -0.25) is 10.1 Å². The molecule has 3 atom stereocenters. The van der Waals surface area contributed by atoms with Crippen LogP contribution in [0.25, 0.3) is 0 Å². The first kappa shape index (κ1) is 24.7. The Morgan fingerprint density at radius 3 is 2.43 bits per heavy atom. The Bertz CT molecular complexity index is 1210. The van der Waals surface area contributed by atoms with Crippen molar-refractivity contribution in [1.82, 2.24) is 5.16 Å². The number of aromatic nitrogens is 1. The summed E-state index contributed by atoms with van der Waals surface area (Å²) < 4.78 is 11.3. The monoisotopic (exact) mass is 504 g/mol. The van der Waals surface area contributed by atoms with E-state index in [4.69, 9.17) is 14.4 Å². The van der Waals surface area contributed by atoms with E-state index in [0.29, 0.717) is 18.1 Å². The van der Waals surface area contributed by atoms with Gasteiger partial charge in [0.2, 0.25) is 0 Å². The molecule has 194 valence electrons. The van der Waals surface area contributed by atoms with Gasteiger partial charge in [0.1, 0.15) is 11.8 Å². The quantitative estimate of drug-likeness (QED) is 0.449. The number of carbonyl (C=O) groups excluding carboxylic acids is 1. The predicted molar refractivity (Wildman–Crippen MR) is 140 cm³/mol. The van der Waals surface area contributed by atoms with Gasteiger partial charge in [0.25, 0.3) is 5.88 Å². The average molecular weight is 505 g/mol. The first-order chi connectivity index (χ1) is 18.0. The molecule has 0 spiro atoms. The van der Waals surface area contributed by atoms with E-state index in [1.165, 1.54) is 6.20 Å². The molecular weight excluding hydrogens is 472 g/mol. The van der Waals surface area contributed by atoms with Gasteiger partial charge in [-0.2, -0.15) is 0 Å². The number of piperazine rings is 1. The summed E-state index contributed by atoms with van der Waals surface area (Å²) in [5.41, 5.74) is 3.31. The van der Waals surface area contributed by atoms with Crippen LogP contribution in [0.15, 0.2) is 65.3 Å². The van der Waals surface area contributed by atoms with Crippen molar-refractivity contribution in [2.45, 2.75) is 57.2 Å². The second-order valence-electron chi connectivity index (χ2n) is 9.67. The minimum atomic E-state index is -0.830. The number of ether oxygens (including phenoxy) is 1. The number of carboxylic acids is 1. The molecule has 3 aromatic rings. The number of nitrogens with one attached hydrogen (secondary N) is 1. The zero-order valence-corrected chi connectivity index (χ0v) is 20.9. The minimum Gasteiger partial charge on any atom is -0.481 e. The van der Waals surface area contributed by atoms with E-state index in [1.807, 2.05) is 61.5 Å². The molecule has 9 nitrogen and oxygen atoms in total. The van der Waals surface area contributed by atoms with Crippen LogP contribution in [0.2, 0.25) is 0 Å². The summed E-state index contributed by atoms with van der Waals surface area (Å²) in [5.74, 6) is -0.277. The summed E-state index contributed by atoms with van der Waals surface area (Å²) >= 11 is 0. The van der Waals surface area contributed by atoms with Gasteiger partial charge in [0.05, 0.1) is 18.7 Å². The van der Waals surface area contributed by atoms with E-state index < -0.39 is 18.2 Å². The van der Waals surface area contributed by atoms with Gasteiger partial charge in [0, 0.05) is 24.8 Å². The van der Waals surface area contributed by atoms with Crippen LogP contribution >= 0.6 is 0 Å². The number of hydrogen-bond donors (Lipinski definition) is 2. The SMILES string of the molecule is CC(OC(=O)Nc1cnoc1N1CCN(c2ccc(CC(=O)O)cc2)C2CCCCC21)c1ccccc1. The van der Waals surface area contributed by atoms with E-state index >= 15 is 0 Å². The lowest BCUT2D eigenvalue weighted by atomic mass is 9.86. The molecule has 1 amide bonds. The number of benzene rings is 2. The smallest absolute Gasteiger partial charge is 0.412 e. The Balaban J connectivity index is 1.29. The molecule has 1 aliphatic carbocycles. The molecule has 37 heavy (non-hydrogen) atoms. The number of amides is 1. The van der Waals surface area contributed by atoms with E-state index in [-0.39, 0.29) is 18.5 Å². The van der Waals surface area contributed by atoms with Crippen LogP contribution < -0.4 is 15.1 Å². The van der Waals surface area contributed by atoms with Crippen molar-refractivity contribution < 1.29 is 24.0 Å². The van der Waals surface area contributed by atoms with E-state index in [9.17, 15) is 9.59 Å². The maximum atomic E-state index is 12.7. The summed E-state index contributed by atoms with van der Waals surface area (Å²) in [7, 11) is 0. The molecule has 2 fully saturated rings. The third-order valence-corrected chi connectivity index (χ3v) is 7.30. The summed E-state index contributed by atoms with van der Waals surface area (Å²) in [6.45, 7) is 3.32. The number of anilines is 3. The van der Waals surface area contributed by atoms with Crippen LogP contribution in [0.5, 0.6) is 0 Å². The lowest BCUT2D eigenvalue weighted by Gasteiger charge is -2.50. The number of nitrogens with zero attached hydrogens (tertiary/aromatic N) is 3. The molecule has 2 aliphatic rings. The number of aliphatic carboxylic acids is 1. The van der Waals surface area contributed by atoms with Gasteiger partial charge >= 0.3 is 12.1 Å². The molecule has 1 saturated heterocycles. The highest BCUT2D eigenvalue weighted by atomic mass is 16.6. The van der Waals surface area contributed by atoms with Crippen molar-refractivity contribution >= 4 is 29.3 Å². The molecule has 1 aromatic heterocycles. The molecule has 0 bridgehead atoms. The number of carboxylic acid groups (broad SMARTS) is 1. The van der Waals surface area contributed by atoms with Crippen molar-refractivity contribution in [3.8, 4) is 0 Å². The van der Waals surface area contributed by atoms with Gasteiger partial charge in [-0.25, -0.2) is 4.79 Å². The average Bonchev–Trinajstić information content (AvgIpc) is 3.36. The standard InChI is InChI=1S/C28H32N4O5/c1-19(21-7-3-2-4-8-21)36-28(35)30-23-18-29-37-27(23)32-16-15-31(24-9-5-6-10-25(24)32)22-13-11-20(12-14-22)17-26(33)34/h2-4,7-8,11-14,18-19,24-25H,5-6,9-10,15-17H2,1H3,(H,30,35)(H,33,34). The van der Waals surface area contributed by atoms with Crippen LogP contribution in [-0.4, -0.2) is 47.5 Å². The van der Waals surface area contributed by atoms with Gasteiger partial charge in [-0.15, -0.1) is 0 Å². The van der Waals surface area contributed by atoms with Crippen LogP contribution in [-0.2, 0) is 16.0 Å². The summed E-state index contributed by atoms with van der Waals surface area (Å²) in [4.78, 5) is 28.4. The zero-order valence-electron chi connectivity index (χ0n) is 20.9. The fraction of sp³-hybridized carbons (Fsp3) is 0.393. The molecule has 3 unspecified atom stereocenters. The Kier molecular flexibility index (Phi) is 7.30. The van der Waals surface area contributed by atoms with Crippen molar-refractivity contribution in [2.24, 2.45) is 0 Å². The maximum Gasteiger partial charge on any atom is 0.412 e. The molecule has 1 aliphatic heterocycles. The number of rotatable bonds is 7. The second kappa shape index (κ2) is 10.9. The van der Waals surface area contributed by atoms with Gasteiger partial charge < -0.3 is 24.2 Å². The van der Waals surface area contributed by atoms with Gasteiger partial charge in [-0.05, 0) is 43.0 Å². The molecule has 9 heteroatoms. The Hall–Kier alpha value is -4.01. The topological polar surface area (TPSA) is 108 Å². The Morgan fingerprint density at radius 1 is 1.05 bits per heavy atom. The van der Waals surface area contributed by atoms with Crippen LogP contribution in [0.1, 0.15) is 49.8 Å². The van der Waals surface area contributed by atoms with Crippen molar-refractivity contribution in [2.75, 3.05) is 28.2 Å². The van der Waals surface area contributed by atoms with Crippen molar-refractivity contribution in [1.29, 1.82) is 0 Å². The highest BCUT2D eigenvalue weighted by molar-refractivity contribution is 5.88.